The van der Waals surface area contributed by atoms with Crippen molar-refractivity contribution in [2.45, 2.75) is 29.8 Å². The molecule has 0 aliphatic carbocycles. The highest BCUT2D eigenvalue weighted by Crippen LogP contribution is 2.28. The number of nitrogens with zero attached hydrogens (tertiary/aromatic N) is 3. The number of piperidine rings is 1. The summed E-state index contributed by atoms with van der Waals surface area (Å²) in [5, 5.41) is 15.2. The molecular weight excluding hydrogens is 515 g/mol. The minimum atomic E-state index is -1.08. The largest absolute Gasteiger partial charge is 0.477 e. The van der Waals surface area contributed by atoms with E-state index in [0.29, 0.717) is 21.4 Å². The molecule has 0 spiro atoms. The fraction of sp³-hybridized carbons (Fsp3) is 0.304. The zero-order chi connectivity index (χ0) is 24.1. The average Bonchev–Trinajstić information content (AvgIpc) is 3.31. The highest BCUT2D eigenvalue weighted by Gasteiger charge is 2.21. The summed E-state index contributed by atoms with van der Waals surface area (Å²) in [7, 11) is 0. The number of aromatic carboxylic acids is 1. The summed E-state index contributed by atoms with van der Waals surface area (Å²) in [4.78, 5) is 34.5. The summed E-state index contributed by atoms with van der Waals surface area (Å²) in [6.07, 6.45) is 1.79. The van der Waals surface area contributed by atoms with Crippen molar-refractivity contribution in [3.63, 3.8) is 0 Å². The van der Waals surface area contributed by atoms with Crippen LogP contribution >= 0.6 is 46.3 Å². The van der Waals surface area contributed by atoms with E-state index < -0.39 is 5.97 Å². The third kappa shape index (κ3) is 6.70. The molecule has 7 nitrogen and oxygen atoms in total. The fourth-order valence-electron chi connectivity index (χ4n) is 3.67. The summed E-state index contributed by atoms with van der Waals surface area (Å²) in [6, 6.07) is 10.7. The summed E-state index contributed by atoms with van der Waals surface area (Å²) in [5.41, 5.74) is 2.20. The molecule has 4 rings (SSSR count). The molecule has 1 aromatic carbocycles. The van der Waals surface area contributed by atoms with Gasteiger partial charge in [-0.2, -0.15) is 0 Å². The van der Waals surface area contributed by atoms with E-state index in [1.165, 1.54) is 29.2 Å². The first kappa shape index (κ1) is 24.9. The SMILES string of the molecule is O=C(CSc1nc(-c2cccc(C(=O)O)n2)cs1)NC1CCN(Cc2ccc(Cl)c(Cl)c2)CC1. The Morgan fingerprint density at radius 2 is 1.91 bits per heavy atom. The number of thiazole rings is 1. The van der Waals surface area contributed by atoms with Crippen LogP contribution in [0.2, 0.25) is 10.0 Å². The summed E-state index contributed by atoms with van der Waals surface area (Å²) >= 11 is 14.9. The molecule has 11 heteroatoms. The molecule has 1 aliphatic heterocycles. The average molecular weight is 537 g/mol. The van der Waals surface area contributed by atoms with Crippen LogP contribution in [0.15, 0.2) is 46.1 Å². The number of hydrogen-bond donors (Lipinski definition) is 2. The zero-order valence-corrected chi connectivity index (χ0v) is 21.2. The molecule has 0 bridgehead atoms. The Morgan fingerprint density at radius 1 is 1.12 bits per heavy atom. The number of pyridine rings is 1. The molecule has 0 radical (unpaired) electrons. The van der Waals surface area contributed by atoms with Crippen LogP contribution in [-0.4, -0.2) is 56.7 Å². The molecule has 0 saturated carbocycles. The molecular formula is C23H22Cl2N4O3S2. The molecule has 3 aromatic rings. The molecule has 34 heavy (non-hydrogen) atoms. The molecule has 0 unspecified atom stereocenters. The van der Waals surface area contributed by atoms with E-state index in [-0.39, 0.29) is 23.4 Å². The van der Waals surface area contributed by atoms with Gasteiger partial charge in [-0.1, -0.05) is 47.1 Å². The number of carboxylic acid groups (broad SMARTS) is 1. The Balaban J connectivity index is 1.21. The molecule has 1 fully saturated rings. The van der Waals surface area contributed by atoms with Gasteiger partial charge in [0.05, 0.1) is 21.5 Å². The first-order chi connectivity index (χ1) is 16.4. The van der Waals surface area contributed by atoms with Crippen LogP contribution in [-0.2, 0) is 11.3 Å². The van der Waals surface area contributed by atoms with Crippen molar-refractivity contribution in [2.24, 2.45) is 0 Å². The van der Waals surface area contributed by atoms with Crippen molar-refractivity contribution >= 4 is 58.2 Å². The van der Waals surface area contributed by atoms with E-state index in [2.05, 4.69) is 20.2 Å². The van der Waals surface area contributed by atoms with Crippen molar-refractivity contribution in [1.29, 1.82) is 0 Å². The molecule has 178 valence electrons. The second-order valence-corrected chi connectivity index (χ2v) is 10.8. The maximum absolute atomic E-state index is 12.4. The number of halogens is 2. The van der Waals surface area contributed by atoms with Crippen LogP contribution < -0.4 is 5.32 Å². The van der Waals surface area contributed by atoms with Crippen molar-refractivity contribution in [1.82, 2.24) is 20.2 Å². The summed E-state index contributed by atoms with van der Waals surface area (Å²) in [5.74, 6) is -0.821. The highest BCUT2D eigenvalue weighted by atomic mass is 35.5. The third-order valence-electron chi connectivity index (χ3n) is 5.38. The van der Waals surface area contributed by atoms with Gasteiger partial charge in [0, 0.05) is 31.1 Å². The van der Waals surface area contributed by atoms with Gasteiger partial charge in [0.1, 0.15) is 11.4 Å². The van der Waals surface area contributed by atoms with Crippen LogP contribution in [0.25, 0.3) is 11.4 Å². The predicted molar refractivity (Wildman–Crippen MR) is 136 cm³/mol. The lowest BCUT2D eigenvalue weighted by molar-refractivity contribution is -0.119. The monoisotopic (exact) mass is 536 g/mol. The summed E-state index contributed by atoms with van der Waals surface area (Å²) < 4.78 is 0.740. The van der Waals surface area contributed by atoms with Gasteiger partial charge in [-0.3, -0.25) is 9.69 Å². The van der Waals surface area contributed by atoms with Gasteiger partial charge in [-0.25, -0.2) is 14.8 Å². The van der Waals surface area contributed by atoms with Gasteiger partial charge in [0.2, 0.25) is 5.91 Å². The number of carboxylic acids is 1. The predicted octanol–water partition coefficient (Wildman–Crippen LogP) is 5.08. The van der Waals surface area contributed by atoms with Crippen molar-refractivity contribution in [3.05, 3.63) is 63.1 Å². The first-order valence-electron chi connectivity index (χ1n) is 10.6. The molecule has 3 heterocycles. The van der Waals surface area contributed by atoms with Gasteiger partial charge in [0.15, 0.2) is 4.34 Å². The highest BCUT2D eigenvalue weighted by molar-refractivity contribution is 8.01. The molecule has 2 aromatic heterocycles. The Kier molecular flexibility index (Phi) is 8.44. The van der Waals surface area contributed by atoms with E-state index in [0.717, 1.165) is 42.4 Å². The van der Waals surface area contributed by atoms with Crippen molar-refractivity contribution in [2.75, 3.05) is 18.8 Å². The van der Waals surface area contributed by atoms with Gasteiger partial charge < -0.3 is 10.4 Å². The minimum Gasteiger partial charge on any atom is -0.477 e. The van der Waals surface area contributed by atoms with Crippen molar-refractivity contribution < 1.29 is 14.7 Å². The van der Waals surface area contributed by atoms with E-state index in [1.807, 2.05) is 23.6 Å². The van der Waals surface area contributed by atoms with E-state index in [1.54, 1.807) is 12.1 Å². The number of hydrogen-bond acceptors (Lipinski definition) is 7. The van der Waals surface area contributed by atoms with E-state index in [9.17, 15) is 9.59 Å². The van der Waals surface area contributed by atoms with E-state index >= 15 is 0 Å². The number of carbonyl (C=O) groups excluding carboxylic acids is 1. The number of rotatable bonds is 8. The van der Waals surface area contributed by atoms with Crippen LogP contribution in [0.3, 0.4) is 0 Å². The lowest BCUT2D eigenvalue weighted by atomic mass is 10.0. The van der Waals surface area contributed by atoms with Gasteiger partial charge in [-0.05, 0) is 42.7 Å². The fourth-order valence-corrected chi connectivity index (χ4v) is 5.62. The molecule has 0 atom stereocenters. The maximum Gasteiger partial charge on any atom is 0.354 e. The topological polar surface area (TPSA) is 95.4 Å². The first-order valence-corrected chi connectivity index (χ1v) is 13.2. The smallest absolute Gasteiger partial charge is 0.354 e. The number of amides is 1. The zero-order valence-electron chi connectivity index (χ0n) is 18.0. The van der Waals surface area contributed by atoms with Crippen molar-refractivity contribution in [3.8, 4) is 11.4 Å². The lowest BCUT2D eigenvalue weighted by Gasteiger charge is -2.32. The van der Waals surface area contributed by atoms with Gasteiger partial charge >= 0.3 is 5.97 Å². The number of likely N-dealkylation sites (tertiary alicyclic amines) is 1. The van der Waals surface area contributed by atoms with Crippen LogP contribution in [0.1, 0.15) is 28.9 Å². The minimum absolute atomic E-state index is 0.0179. The number of thioether (sulfide) groups is 1. The number of nitrogens with one attached hydrogen (secondary N) is 1. The standard InChI is InChI=1S/C23H22Cl2N4O3S2/c24-16-5-4-14(10-17(16)25)11-29-8-6-15(7-9-29)26-21(30)13-34-23-28-20(12-33-23)18-2-1-3-19(27-18)22(31)32/h1-5,10,12,15H,6-9,11,13H2,(H,26,30)(H,31,32). The Hall–Kier alpha value is -2.17. The lowest BCUT2D eigenvalue weighted by Crippen LogP contribution is -2.44. The van der Waals surface area contributed by atoms with Crippen LogP contribution in [0.4, 0.5) is 0 Å². The Morgan fingerprint density at radius 3 is 2.65 bits per heavy atom. The molecule has 2 N–H and O–H groups in total. The van der Waals surface area contributed by atoms with Gasteiger partial charge in [-0.15, -0.1) is 11.3 Å². The molecule has 1 aliphatic rings. The van der Waals surface area contributed by atoms with Crippen LogP contribution in [0, 0.1) is 0 Å². The third-order valence-corrected chi connectivity index (χ3v) is 8.14. The summed E-state index contributed by atoms with van der Waals surface area (Å²) in [6.45, 7) is 2.61. The number of carbonyl (C=O) groups is 2. The molecule has 1 saturated heterocycles. The Bertz CT molecular complexity index is 1180. The number of benzene rings is 1. The van der Waals surface area contributed by atoms with Gasteiger partial charge in [0.25, 0.3) is 0 Å². The van der Waals surface area contributed by atoms with Crippen LogP contribution in [0.5, 0.6) is 0 Å². The normalized spacial score (nSPS) is 14.8. The van der Waals surface area contributed by atoms with E-state index in [4.69, 9.17) is 28.3 Å². The number of aromatic nitrogens is 2. The quantitative estimate of drug-likeness (QED) is 0.387. The second-order valence-electron chi connectivity index (χ2n) is 7.87. The second kappa shape index (κ2) is 11.5. The molecule has 1 amide bonds. The Labute approximate surface area is 215 Å². The maximum atomic E-state index is 12.4.